The van der Waals surface area contributed by atoms with Gasteiger partial charge in [-0.25, -0.2) is 4.39 Å². The van der Waals surface area contributed by atoms with Gasteiger partial charge in [-0.1, -0.05) is 12.8 Å². The van der Waals surface area contributed by atoms with E-state index in [0.29, 0.717) is 12.0 Å². The SMILES string of the molecule is Cc1cc(OC2CC(Cl)C23CCCC3)c(F)cc1[N+](=O)[O-]. The van der Waals surface area contributed by atoms with Crippen LogP contribution in [0.25, 0.3) is 0 Å². The van der Waals surface area contributed by atoms with Gasteiger partial charge in [-0.3, -0.25) is 10.1 Å². The van der Waals surface area contributed by atoms with Gasteiger partial charge >= 0.3 is 0 Å². The van der Waals surface area contributed by atoms with Gasteiger partial charge in [0.1, 0.15) is 6.10 Å². The third-order valence-corrected chi connectivity index (χ3v) is 5.55. The van der Waals surface area contributed by atoms with Crippen molar-refractivity contribution in [1.82, 2.24) is 0 Å². The first kappa shape index (κ1) is 14.6. The molecule has 21 heavy (non-hydrogen) atoms. The topological polar surface area (TPSA) is 52.4 Å². The van der Waals surface area contributed by atoms with Crippen LogP contribution in [0.2, 0.25) is 0 Å². The number of alkyl halides is 1. The lowest BCUT2D eigenvalue weighted by Gasteiger charge is -2.50. The molecule has 0 saturated heterocycles. The van der Waals surface area contributed by atoms with E-state index in [1.54, 1.807) is 6.92 Å². The lowest BCUT2D eigenvalue weighted by molar-refractivity contribution is -0.385. The van der Waals surface area contributed by atoms with Gasteiger partial charge in [0.2, 0.25) is 0 Å². The highest BCUT2D eigenvalue weighted by Gasteiger charge is 2.57. The summed E-state index contributed by atoms with van der Waals surface area (Å²) in [7, 11) is 0. The number of rotatable bonds is 3. The van der Waals surface area contributed by atoms with Crippen LogP contribution in [0.3, 0.4) is 0 Å². The number of halogens is 2. The van der Waals surface area contributed by atoms with E-state index in [4.69, 9.17) is 16.3 Å². The summed E-state index contributed by atoms with van der Waals surface area (Å²) < 4.78 is 19.8. The number of nitrogens with zero attached hydrogens (tertiary/aromatic N) is 1. The zero-order valence-corrected chi connectivity index (χ0v) is 12.5. The Labute approximate surface area is 127 Å². The molecule has 2 aliphatic carbocycles. The zero-order chi connectivity index (χ0) is 15.2. The van der Waals surface area contributed by atoms with Gasteiger partial charge in [-0.2, -0.15) is 0 Å². The molecule has 2 saturated carbocycles. The Balaban J connectivity index is 1.83. The molecule has 3 rings (SSSR count). The predicted octanol–water partition coefficient (Wildman–Crippen LogP) is 4.36. The number of aryl methyl sites for hydroxylation is 1. The predicted molar refractivity (Wildman–Crippen MR) is 77.4 cm³/mol. The van der Waals surface area contributed by atoms with Gasteiger partial charge < -0.3 is 4.74 Å². The number of ether oxygens (including phenoxy) is 1. The van der Waals surface area contributed by atoms with Crippen molar-refractivity contribution in [3.8, 4) is 5.75 Å². The van der Waals surface area contributed by atoms with Crippen molar-refractivity contribution < 1.29 is 14.1 Å². The second kappa shape index (κ2) is 5.13. The summed E-state index contributed by atoms with van der Waals surface area (Å²) in [6.07, 6.45) is 4.91. The molecule has 0 bridgehead atoms. The molecule has 2 fully saturated rings. The molecule has 0 heterocycles. The summed E-state index contributed by atoms with van der Waals surface area (Å²) in [6, 6.07) is 2.35. The average Bonchev–Trinajstić information content (AvgIpc) is 2.94. The van der Waals surface area contributed by atoms with Gasteiger partial charge in [-0.15, -0.1) is 11.6 Å². The number of benzene rings is 1. The fourth-order valence-corrected chi connectivity index (χ4v) is 4.14. The summed E-state index contributed by atoms with van der Waals surface area (Å²) in [5.74, 6) is -0.587. The Kier molecular flexibility index (Phi) is 3.56. The van der Waals surface area contributed by atoms with E-state index in [1.165, 1.54) is 6.07 Å². The standard InChI is InChI=1S/C15H17ClFNO3/c1-9-6-12(10(17)7-11(9)18(19)20)21-14-8-13(16)15(14)4-2-3-5-15/h6-7,13-14H,2-5,8H2,1H3. The number of nitro groups is 1. The Bertz CT molecular complexity index is 587. The molecule has 2 aliphatic rings. The summed E-state index contributed by atoms with van der Waals surface area (Å²) >= 11 is 6.35. The lowest BCUT2D eigenvalue weighted by atomic mass is 9.64. The molecule has 0 radical (unpaired) electrons. The second-order valence-electron chi connectivity index (χ2n) is 6.08. The first-order valence-corrected chi connectivity index (χ1v) is 7.63. The van der Waals surface area contributed by atoms with Gasteiger partial charge in [0, 0.05) is 22.8 Å². The second-order valence-corrected chi connectivity index (χ2v) is 6.60. The van der Waals surface area contributed by atoms with Crippen LogP contribution in [0.5, 0.6) is 5.75 Å². The molecule has 114 valence electrons. The minimum Gasteiger partial charge on any atom is -0.487 e. The van der Waals surface area contributed by atoms with Crippen molar-refractivity contribution in [3.63, 3.8) is 0 Å². The van der Waals surface area contributed by atoms with E-state index < -0.39 is 10.7 Å². The van der Waals surface area contributed by atoms with Crippen molar-refractivity contribution in [2.24, 2.45) is 5.41 Å². The fraction of sp³-hybridized carbons (Fsp3) is 0.600. The van der Waals surface area contributed by atoms with E-state index in [-0.39, 0.29) is 28.3 Å². The van der Waals surface area contributed by atoms with Gasteiger partial charge in [0.25, 0.3) is 5.69 Å². The highest BCUT2D eigenvalue weighted by Crippen LogP contribution is 2.57. The summed E-state index contributed by atoms with van der Waals surface area (Å²) in [5, 5.41) is 10.9. The van der Waals surface area contributed by atoms with Crippen molar-refractivity contribution >= 4 is 17.3 Å². The summed E-state index contributed by atoms with van der Waals surface area (Å²) in [6.45, 7) is 1.58. The van der Waals surface area contributed by atoms with Crippen molar-refractivity contribution in [3.05, 3.63) is 33.6 Å². The molecular formula is C15H17ClFNO3. The maximum Gasteiger partial charge on any atom is 0.275 e. The lowest BCUT2D eigenvalue weighted by Crippen LogP contribution is -2.55. The zero-order valence-electron chi connectivity index (χ0n) is 11.8. The molecule has 2 unspecified atom stereocenters. The van der Waals surface area contributed by atoms with E-state index in [2.05, 4.69) is 0 Å². The third kappa shape index (κ3) is 2.27. The van der Waals surface area contributed by atoms with E-state index >= 15 is 0 Å². The molecule has 6 heteroatoms. The number of nitro benzene ring substituents is 1. The van der Waals surface area contributed by atoms with Gasteiger partial charge in [-0.05, 0) is 25.8 Å². The van der Waals surface area contributed by atoms with Crippen molar-refractivity contribution in [2.75, 3.05) is 0 Å². The van der Waals surface area contributed by atoms with E-state index in [0.717, 1.165) is 31.7 Å². The Morgan fingerprint density at radius 2 is 2.10 bits per heavy atom. The van der Waals surface area contributed by atoms with Gasteiger partial charge in [0.05, 0.1) is 11.0 Å². The fourth-order valence-electron chi connectivity index (χ4n) is 3.62. The van der Waals surface area contributed by atoms with Crippen LogP contribution in [0, 0.1) is 28.3 Å². The molecule has 1 aromatic carbocycles. The van der Waals surface area contributed by atoms with Crippen molar-refractivity contribution in [2.45, 2.75) is 50.5 Å². The summed E-state index contributed by atoms with van der Waals surface area (Å²) in [4.78, 5) is 10.2. The first-order valence-electron chi connectivity index (χ1n) is 7.19. The molecule has 0 N–H and O–H groups in total. The molecule has 4 nitrogen and oxygen atoms in total. The Morgan fingerprint density at radius 1 is 1.43 bits per heavy atom. The van der Waals surface area contributed by atoms with Crippen LogP contribution in [0.4, 0.5) is 10.1 Å². The maximum atomic E-state index is 14.0. The quantitative estimate of drug-likeness (QED) is 0.473. The molecule has 2 atom stereocenters. The Morgan fingerprint density at radius 3 is 2.67 bits per heavy atom. The van der Waals surface area contributed by atoms with E-state index in [1.807, 2.05) is 0 Å². The van der Waals surface area contributed by atoms with Crippen LogP contribution in [0.15, 0.2) is 12.1 Å². The summed E-state index contributed by atoms with van der Waals surface area (Å²) in [5.41, 5.74) is 0.141. The molecule has 0 aliphatic heterocycles. The normalized spacial score (nSPS) is 26.6. The largest absolute Gasteiger partial charge is 0.487 e. The molecule has 0 amide bonds. The minimum atomic E-state index is -0.682. The molecular weight excluding hydrogens is 297 g/mol. The smallest absolute Gasteiger partial charge is 0.275 e. The van der Waals surface area contributed by atoms with Crippen LogP contribution in [-0.2, 0) is 0 Å². The molecule has 1 spiro atoms. The van der Waals surface area contributed by atoms with Crippen LogP contribution in [0.1, 0.15) is 37.7 Å². The highest BCUT2D eigenvalue weighted by molar-refractivity contribution is 6.21. The third-order valence-electron chi connectivity index (χ3n) is 4.94. The van der Waals surface area contributed by atoms with Crippen LogP contribution in [-0.4, -0.2) is 16.4 Å². The van der Waals surface area contributed by atoms with Crippen LogP contribution >= 0.6 is 11.6 Å². The maximum absolute atomic E-state index is 14.0. The van der Waals surface area contributed by atoms with Crippen LogP contribution < -0.4 is 4.74 Å². The first-order chi connectivity index (χ1) is 9.94. The van der Waals surface area contributed by atoms with E-state index in [9.17, 15) is 14.5 Å². The average molecular weight is 314 g/mol. The molecule has 1 aromatic rings. The molecule has 0 aromatic heterocycles. The highest BCUT2D eigenvalue weighted by atomic mass is 35.5. The minimum absolute atomic E-state index is 0.0380. The van der Waals surface area contributed by atoms with Crippen molar-refractivity contribution in [1.29, 1.82) is 0 Å². The Hall–Kier alpha value is -1.36. The van der Waals surface area contributed by atoms with Gasteiger partial charge in [0.15, 0.2) is 11.6 Å². The number of hydrogen-bond acceptors (Lipinski definition) is 3. The monoisotopic (exact) mass is 313 g/mol. The number of hydrogen-bond donors (Lipinski definition) is 0.